The largest absolute Gasteiger partial charge is 0.506 e. The van der Waals surface area contributed by atoms with Gasteiger partial charge in [-0.25, -0.2) is 0 Å². The molecule has 0 radical (unpaired) electrons. The van der Waals surface area contributed by atoms with E-state index in [0.717, 1.165) is 38.9 Å². The minimum atomic E-state index is -0.387. The van der Waals surface area contributed by atoms with Crippen LogP contribution in [-0.2, 0) is 6.42 Å². The second-order valence-electron chi connectivity index (χ2n) is 11.5. The molecule has 6 aromatic carbocycles. The molecule has 0 saturated heterocycles. The molecule has 0 aliphatic heterocycles. The number of phenols is 2. The zero-order valence-corrected chi connectivity index (χ0v) is 25.1. The molecule has 1 aliphatic rings. The first kappa shape index (κ1) is 29.2. The van der Waals surface area contributed by atoms with Crippen molar-refractivity contribution in [3.63, 3.8) is 0 Å². The van der Waals surface area contributed by atoms with E-state index in [2.05, 4.69) is 28.8 Å². The number of rotatable bonds is 6. The van der Waals surface area contributed by atoms with Crippen molar-refractivity contribution in [3.8, 4) is 44.9 Å². The molecule has 2 amide bonds. The van der Waals surface area contributed by atoms with Crippen LogP contribution in [0.15, 0.2) is 121 Å². The highest BCUT2D eigenvalue weighted by atomic mass is 16.3. The molecule has 0 fully saturated rings. The van der Waals surface area contributed by atoms with E-state index in [1.54, 1.807) is 78.9 Å². The van der Waals surface area contributed by atoms with Gasteiger partial charge in [0, 0.05) is 22.5 Å². The summed E-state index contributed by atoms with van der Waals surface area (Å²) in [5.41, 5.74) is 21.8. The summed E-state index contributed by atoms with van der Waals surface area (Å²) in [5.74, 6) is -0.928. The van der Waals surface area contributed by atoms with E-state index in [9.17, 15) is 19.8 Å². The van der Waals surface area contributed by atoms with Crippen molar-refractivity contribution >= 4 is 34.6 Å². The number of anilines is 4. The number of carbonyl (C=O) groups excluding carboxylic acids is 2. The molecular formula is C39H30N4O4. The summed E-state index contributed by atoms with van der Waals surface area (Å²) in [5, 5.41) is 27.2. The van der Waals surface area contributed by atoms with Gasteiger partial charge in [-0.1, -0.05) is 48.5 Å². The van der Waals surface area contributed by atoms with Gasteiger partial charge in [0.25, 0.3) is 11.8 Å². The molecule has 0 heterocycles. The number of nitrogen functional groups attached to an aromatic ring is 2. The number of amides is 2. The maximum atomic E-state index is 13.1. The van der Waals surface area contributed by atoms with E-state index >= 15 is 0 Å². The predicted octanol–water partition coefficient (Wildman–Crippen LogP) is 7.67. The smallest absolute Gasteiger partial charge is 0.255 e. The van der Waals surface area contributed by atoms with Crippen LogP contribution in [0.2, 0.25) is 0 Å². The first-order valence-corrected chi connectivity index (χ1v) is 15.0. The van der Waals surface area contributed by atoms with Crippen LogP contribution in [0.25, 0.3) is 33.4 Å². The van der Waals surface area contributed by atoms with E-state index in [1.807, 2.05) is 24.3 Å². The monoisotopic (exact) mass is 618 g/mol. The zero-order valence-electron chi connectivity index (χ0n) is 25.1. The normalized spacial score (nSPS) is 11.4. The van der Waals surface area contributed by atoms with Gasteiger partial charge in [-0.15, -0.1) is 0 Å². The first-order valence-electron chi connectivity index (χ1n) is 15.0. The summed E-state index contributed by atoms with van der Waals surface area (Å²) in [7, 11) is 0. The molecule has 0 atom stereocenters. The lowest BCUT2D eigenvalue weighted by Gasteiger charge is -2.18. The van der Waals surface area contributed by atoms with Gasteiger partial charge >= 0.3 is 0 Å². The first-order chi connectivity index (χ1) is 22.7. The number of nitrogens with one attached hydrogen (secondary N) is 2. The van der Waals surface area contributed by atoms with Gasteiger partial charge in [0.2, 0.25) is 0 Å². The summed E-state index contributed by atoms with van der Waals surface area (Å²) in [6.45, 7) is 0. The Labute approximate surface area is 270 Å². The molecular weight excluding hydrogens is 588 g/mol. The van der Waals surface area contributed by atoms with Crippen LogP contribution in [-0.4, -0.2) is 22.0 Å². The summed E-state index contributed by atoms with van der Waals surface area (Å²) >= 11 is 0. The fourth-order valence-electron chi connectivity index (χ4n) is 6.04. The molecule has 6 aromatic rings. The topological polar surface area (TPSA) is 151 Å². The number of carbonyl (C=O) groups is 2. The van der Waals surface area contributed by atoms with Gasteiger partial charge in [0.15, 0.2) is 0 Å². The molecule has 8 N–H and O–H groups in total. The number of benzene rings is 6. The zero-order chi connectivity index (χ0) is 32.7. The summed E-state index contributed by atoms with van der Waals surface area (Å²) < 4.78 is 0. The van der Waals surface area contributed by atoms with E-state index in [4.69, 9.17) is 11.5 Å². The maximum Gasteiger partial charge on any atom is 0.255 e. The highest BCUT2D eigenvalue weighted by Crippen LogP contribution is 2.47. The van der Waals surface area contributed by atoms with Crippen LogP contribution >= 0.6 is 0 Å². The van der Waals surface area contributed by atoms with E-state index < -0.39 is 0 Å². The number of fused-ring (bicyclic) bond motifs is 3. The van der Waals surface area contributed by atoms with Crippen molar-refractivity contribution in [3.05, 3.63) is 144 Å². The SMILES string of the molecule is Nc1ccc(C(=O)Nc2cc(-c3ccc4c(c3-c3ccc(O)c(NC(=O)c5ccc(N)cc5)c3)Cc3ccccc3-4)ccc2O)cc1. The van der Waals surface area contributed by atoms with Gasteiger partial charge in [0.05, 0.1) is 11.4 Å². The fraction of sp³-hybridized carbons (Fsp3) is 0.0256. The lowest BCUT2D eigenvalue weighted by molar-refractivity contribution is 0.101. The van der Waals surface area contributed by atoms with Crippen molar-refractivity contribution in [1.82, 2.24) is 0 Å². The predicted molar refractivity (Wildman–Crippen MR) is 187 cm³/mol. The molecule has 8 nitrogen and oxygen atoms in total. The van der Waals surface area contributed by atoms with Crippen molar-refractivity contribution in [2.75, 3.05) is 22.1 Å². The van der Waals surface area contributed by atoms with Crippen molar-refractivity contribution < 1.29 is 19.8 Å². The maximum absolute atomic E-state index is 13.1. The van der Waals surface area contributed by atoms with Crippen LogP contribution in [0.3, 0.4) is 0 Å². The quantitative estimate of drug-likeness (QED) is 0.0831. The van der Waals surface area contributed by atoms with Crippen LogP contribution in [0.4, 0.5) is 22.7 Å². The lowest BCUT2D eigenvalue weighted by Crippen LogP contribution is -2.12. The van der Waals surface area contributed by atoms with Gasteiger partial charge in [-0.05, 0) is 124 Å². The molecule has 0 saturated carbocycles. The van der Waals surface area contributed by atoms with Crippen molar-refractivity contribution in [2.24, 2.45) is 0 Å². The van der Waals surface area contributed by atoms with Crippen LogP contribution in [0, 0.1) is 0 Å². The standard InChI is InChI=1S/C39H30N4O4/c40-27-11-5-22(6-12-27)38(46)42-33-20-25(9-17-35(33)44)30-15-16-31-29-4-2-1-3-24(29)19-32(31)37(30)26-10-18-36(45)34(21-26)43-39(47)23-7-13-28(41)14-8-23/h1-18,20-21,44-45H,19,40-41H2,(H,42,46)(H,43,47). The second kappa shape index (κ2) is 11.8. The third-order valence-electron chi connectivity index (χ3n) is 8.42. The van der Waals surface area contributed by atoms with E-state index in [1.165, 1.54) is 5.56 Å². The van der Waals surface area contributed by atoms with Crippen LogP contribution in [0.5, 0.6) is 11.5 Å². The third-order valence-corrected chi connectivity index (χ3v) is 8.42. The number of phenolic OH excluding ortho intramolecular Hbond substituents is 2. The van der Waals surface area contributed by atoms with Gasteiger partial charge in [-0.3, -0.25) is 9.59 Å². The minimum Gasteiger partial charge on any atom is -0.506 e. The third kappa shape index (κ3) is 5.60. The Kier molecular flexibility index (Phi) is 7.30. The Morgan fingerprint density at radius 2 is 1.06 bits per heavy atom. The Hall–Kier alpha value is -6.54. The van der Waals surface area contributed by atoms with Crippen molar-refractivity contribution in [2.45, 2.75) is 6.42 Å². The number of nitrogens with two attached hydrogens (primary N) is 2. The molecule has 0 unspecified atom stereocenters. The van der Waals surface area contributed by atoms with E-state index in [-0.39, 0.29) is 34.7 Å². The number of aromatic hydroxyl groups is 2. The average Bonchev–Trinajstić information content (AvgIpc) is 3.46. The van der Waals surface area contributed by atoms with Crippen LogP contribution < -0.4 is 22.1 Å². The summed E-state index contributed by atoms with van der Waals surface area (Å²) in [6.07, 6.45) is 0.682. The van der Waals surface area contributed by atoms with Crippen molar-refractivity contribution in [1.29, 1.82) is 0 Å². The van der Waals surface area contributed by atoms with Gasteiger partial charge in [-0.2, -0.15) is 0 Å². The lowest BCUT2D eigenvalue weighted by atomic mass is 9.87. The molecule has 0 spiro atoms. The molecule has 1 aliphatic carbocycles. The van der Waals surface area contributed by atoms with Gasteiger partial charge in [0.1, 0.15) is 11.5 Å². The Morgan fingerprint density at radius 1 is 0.553 bits per heavy atom. The molecule has 7 rings (SSSR count). The molecule has 47 heavy (non-hydrogen) atoms. The second-order valence-corrected chi connectivity index (χ2v) is 11.5. The Bertz CT molecular complexity index is 2190. The molecule has 8 heteroatoms. The number of hydrogen-bond acceptors (Lipinski definition) is 6. The van der Waals surface area contributed by atoms with Crippen LogP contribution in [0.1, 0.15) is 31.8 Å². The van der Waals surface area contributed by atoms with Gasteiger partial charge < -0.3 is 32.3 Å². The fourth-order valence-corrected chi connectivity index (χ4v) is 6.04. The molecule has 0 bridgehead atoms. The summed E-state index contributed by atoms with van der Waals surface area (Å²) in [6, 6.07) is 35.7. The molecule has 0 aromatic heterocycles. The van der Waals surface area contributed by atoms with E-state index in [0.29, 0.717) is 28.9 Å². The average molecular weight is 619 g/mol. The highest BCUT2D eigenvalue weighted by Gasteiger charge is 2.25. The number of hydrogen-bond donors (Lipinski definition) is 6. The molecule has 230 valence electrons. The Morgan fingerprint density at radius 3 is 1.66 bits per heavy atom. The minimum absolute atomic E-state index is 0.0766. The summed E-state index contributed by atoms with van der Waals surface area (Å²) in [4.78, 5) is 26.1. The Balaban J connectivity index is 1.32. The highest BCUT2D eigenvalue weighted by molar-refractivity contribution is 6.07.